The van der Waals surface area contributed by atoms with Crippen molar-refractivity contribution in [3.8, 4) is 0 Å². The number of rotatable bonds is 3. The summed E-state index contributed by atoms with van der Waals surface area (Å²) in [6.45, 7) is 0.409. The summed E-state index contributed by atoms with van der Waals surface area (Å²) in [6, 6.07) is 9.61. The fourth-order valence-electron chi connectivity index (χ4n) is 0.675. The zero-order chi connectivity index (χ0) is 7.23. The first kappa shape index (κ1) is 11.3. The molecule has 0 aliphatic heterocycles. The summed E-state index contributed by atoms with van der Waals surface area (Å²) >= 11 is -0.260. The van der Waals surface area contributed by atoms with Crippen LogP contribution in [0, 0.1) is 0 Å². The number of hydrogen-bond donors (Lipinski definition) is 1. The van der Waals surface area contributed by atoms with Gasteiger partial charge in [-0.05, 0) is 5.56 Å². The molecule has 0 amide bonds. The SMILES string of the molecule is O=[SH]OCc1ccccc1.[NaH]. The van der Waals surface area contributed by atoms with E-state index in [-0.39, 0.29) is 41.5 Å². The van der Waals surface area contributed by atoms with Crippen molar-refractivity contribution in [2.45, 2.75) is 6.61 Å². The van der Waals surface area contributed by atoms with Crippen molar-refractivity contribution < 1.29 is 8.39 Å². The molecule has 0 aliphatic rings. The molecule has 0 N–H and O–H groups in total. The van der Waals surface area contributed by atoms with Crippen LogP contribution in [0.4, 0.5) is 0 Å². The third-order valence-electron chi connectivity index (χ3n) is 1.13. The summed E-state index contributed by atoms with van der Waals surface area (Å²) < 4.78 is 14.5. The van der Waals surface area contributed by atoms with Crippen LogP contribution in [0.2, 0.25) is 0 Å². The summed E-state index contributed by atoms with van der Waals surface area (Å²) in [5, 5.41) is 0. The van der Waals surface area contributed by atoms with Gasteiger partial charge in [-0.1, -0.05) is 30.3 Å². The van der Waals surface area contributed by atoms with Gasteiger partial charge in [-0.15, -0.1) is 0 Å². The first-order chi connectivity index (χ1) is 4.93. The first-order valence-electron chi connectivity index (χ1n) is 2.92. The van der Waals surface area contributed by atoms with Crippen LogP contribution in [0.15, 0.2) is 30.3 Å². The van der Waals surface area contributed by atoms with Crippen molar-refractivity contribution in [2.24, 2.45) is 0 Å². The molecule has 0 heterocycles. The van der Waals surface area contributed by atoms with E-state index in [2.05, 4.69) is 4.18 Å². The van der Waals surface area contributed by atoms with E-state index in [4.69, 9.17) is 0 Å². The second kappa shape index (κ2) is 7.00. The average molecular weight is 180 g/mol. The molecule has 2 nitrogen and oxygen atoms in total. The minimum atomic E-state index is -0.260. The topological polar surface area (TPSA) is 26.3 Å². The van der Waals surface area contributed by atoms with E-state index in [9.17, 15) is 4.21 Å². The summed E-state index contributed by atoms with van der Waals surface area (Å²) in [7, 11) is 0. The van der Waals surface area contributed by atoms with E-state index in [1.165, 1.54) is 0 Å². The van der Waals surface area contributed by atoms with E-state index < -0.39 is 0 Å². The summed E-state index contributed by atoms with van der Waals surface area (Å²) in [6.07, 6.45) is 0. The second-order valence-corrected chi connectivity index (χ2v) is 2.24. The van der Waals surface area contributed by atoms with Crippen LogP contribution >= 0.6 is 0 Å². The molecule has 0 fully saturated rings. The minimum absolute atomic E-state index is 0. The molecule has 1 rings (SSSR count). The van der Waals surface area contributed by atoms with Gasteiger partial charge in [0.2, 0.25) is 0 Å². The van der Waals surface area contributed by atoms with Gasteiger partial charge in [0.15, 0.2) is 0 Å². The van der Waals surface area contributed by atoms with Crippen molar-refractivity contribution in [3.05, 3.63) is 35.9 Å². The molecule has 0 aromatic heterocycles. The maximum atomic E-state index is 9.85. The van der Waals surface area contributed by atoms with Crippen molar-refractivity contribution >= 4 is 41.5 Å². The van der Waals surface area contributed by atoms with Gasteiger partial charge in [0.25, 0.3) is 0 Å². The molecule has 0 saturated carbocycles. The monoisotopic (exact) mass is 180 g/mol. The van der Waals surface area contributed by atoms with Crippen LogP contribution in [0.3, 0.4) is 0 Å². The van der Waals surface area contributed by atoms with Crippen molar-refractivity contribution in [1.82, 2.24) is 0 Å². The van der Waals surface area contributed by atoms with E-state index in [1.807, 2.05) is 30.3 Å². The molecule has 0 radical (unpaired) electrons. The quantitative estimate of drug-likeness (QED) is 0.539. The summed E-state index contributed by atoms with van der Waals surface area (Å²) in [5.74, 6) is 0. The van der Waals surface area contributed by atoms with Gasteiger partial charge in [-0.2, -0.15) is 0 Å². The molecule has 1 aromatic rings. The van der Waals surface area contributed by atoms with Gasteiger partial charge in [-0.25, -0.2) is 4.21 Å². The number of thiol groups is 1. The third kappa shape index (κ3) is 4.71. The molecular formula is C7H9NaO2S. The Balaban J connectivity index is 0.000001000. The van der Waals surface area contributed by atoms with E-state index in [0.29, 0.717) is 6.61 Å². The van der Waals surface area contributed by atoms with Gasteiger partial charge in [-0.3, -0.25) is 4.18 Å². The molecule has 11 heavy (non-hydrogen) atoms. The van der Waals surface area contributed by atoms with Crippen molar-refractivity contribution in [1.29, 1.82) is 0 Å². The molecule has 0 aliphatic carbocycles. The third-order valence-corrected chi connectivity index (χ3v) is 1.36. The van der Waals surface area contributed by atoms with Gasteiger partial charge >= 0.3 is 29.6 Å². The standard InChI is InChI=1S/C7H8O2S.Na.H/c8-10-9-6-7-4-2-1-3-5-7;;/h1-5,10H,6H2;;. The van der Waals surface area contributed by atoms with Crippen molar-refractivity contribution in [2.75, 3.05) is 0 Å². The molecule has 4 heteroatoms. The first-order valence-corrected chi connectivity index (χ1v) is 3.65. The van der Waals surface area contributed by atoms with Crippen LogP contribution in [0.25, 0.3) is 0 Å². The molecule has 0 unspecified atom stereocenters. The Labute approximate surface area is 91.9 Å². The van der Waals surface area contributed by atoms with Gasteiger partial charge < -0.3 is 0 Å². The summed E-state index contributed by atoms with van der Waals surface area (Å²) in [5.41, 5.74) is 1.03. The predicted molar refractivity (Wildman–Crippen MR) is 47.9 cm³/mol. The van der Waals surface area contributed by atoms with Crippen LogP contribution in [0.5, 0.6) is 0 Å². The zero-order valence-corrected chi connectivity index (χ0v) is 6.25. The van der Waals surface area contributed by atoms with Gasteiger partial charge in [0.1, 0.15) is 11.9 Å². The predicted octanol–water partition coefficient (Wildman–Crippen LogP) is 0.415. The van der Waals surface area contributed by atoms with Crippen LogP contribution < -0.4 is 0 Å². The zero-order valence-electron chi connectivity index (χ0n) is 5.36. The van der Waals surface area contributed by atoms with E-state index in [0.717, 1.165) is 5.56 Å². The molecule has 56 valence electrons. The van der Waals surface area contributed by atoms with Crippen LogP contribution in [0.1, 0.15) is 5.56 Å². The second-order valence-electron chi connectivity index (χ2n) is 1.83. The fourth-order valence-corrected chi connectivity index (χ4v) is 0.877. The molecule has 0 saturated heterocycles. The fraction of sp³-hybridized carbons (Fsp3) is 0.143. The molecule has 1 aromatic carbocycles. The molecule has 0 bridgehead atoms. The Morgan fingerprint density at radius 3 is 2.45 bits per heavy atom. The Morgan fingerprint density at radius 2 is 1.91 bits per heavy atom. The molecule has 0 spiro atoms. The Hall–Kier alpha value is 0.330. The van der Waals surface area contributed by atoms with E-state index in [1.54, 1.807) is 0 Å². The van der Waals surface area contributed by atoms with E-state index >= 15 is 0 Å². The Bertz CT molecular complexity index is 203. The van der Waals surface area contributed by atoms with Crippen LogP contribution in [-0.2, 0) is 22.7 Å². The van der Waals surface area contributed by atoms with Crippen molar-refractivity contribution in [3.63, 3.8) is 0 Å². The molecular weight excluding hydrogens is 171 g/mol. The maximum absolute atomic E-state index is 9.85. The van der Waals surface area contributed by atoms with Crippen LogP contribution in [-0.4, -0.2) is 33.8 Å². The number of benzene rings is 1. The summed E-state index contributed by atoms with van der Waals surface area (Å²) in [4.78, 5) is 0. The number of hydrogen-bond acceptors (Lipinski definition) is 2. The molecule has 0 atom stereocenters. The van der Waals surface area contributed by atoms with Gasteiger partial charge in [0, 0.05) is 0 Å². The van der Waals surface area contributed by atoms with Gasteiger partial charge in [0.05, 0.1) is 6.61 Å². The average Bonchev–Trinajstić information content (AvgIpc) is 2.03. The normalized spacial score (nSPS) is 8.73. The Kier molecular flexibility index (Phi) is 7.22. The Morgan fingerprint density at radius 1 is 1.27 bits per heavy atom.